The van der Waals surface area contributed by atoms with Gasteiger partial charge in [-0.2, -0.15) is 0 Å². The van der Waals surface area contributed by atoms with Gasteiger partial charge in [-0.15, -0.1) is 9.24 Å². The molecule has 1 unspecified atom stereocenters. The van der Waals surface area contributed by atoms with E-state index in [-0.39, 0.29) is 0 Å². The van der Waals surface area contributed by atoms with Crippen molar-refractivity contribution in [2.75, 3.05) is 13.3 Å². The maximum atomic E-state index is 5.43. The molecule has 1 nitrogen and oxygen atoms in total. The number of para-hydroxylation sites is 1. The Morgan fingerprint density at radius 1 is 1.12 bits per heavy atom. The molecule has 0 radical (unpaired) electrons. The van der Waals surface area contributed by atoms with E-state index < -0.39 is 0 Å². The largest absolute Gasteiger partial charge is 0.496 e. The van der Waals surface area contributed by atoms with Gasteiger partial charge in [-0.3, -0.25) is 0 Å². The molecule has 0 heterocycles. The first-order valence-electron chi connectivity index (χ1n) is 6.65. The molecule has 94 valence electrons. The first-order valence-corrected chi connectivity index (χ1v) is 7.47. The van der Waals surface area contributed by atoms with E-state index in [4.69, 9.17) is 4.74 Å². The van der Waals surface area contributed by atoms with Crippen LogP contribution in [0.5, 0.6) is 5.75 Å². The molecule has 1 aromatic carbocycles. The number of hydrogen-bond donors (Lipinski definition) is 0. The average Bonchev–Trinajstić information content (AvgIpc) is 2.40. The highest BCUT2D eigenvalue weighted by molar-refractivity contribution is 7.16. The van der Waals surface area contributed by atoms with Crippen LogP contribution in [0.4, 0.5) is 0 Å². The van der Waals surface area contributed by atoms with Crippen LogP contribution in [0.25, 0.3) is 0 Å². The van der Waals surface area contributed by atoms with Crippen molar-refractivity contribution in [2.45, 2.75) is 32.1 Å². The van der Waals surface area contributed by atoms with Crippen molar-refractivity contribution in [1.82, 2.24) is 0 Å². The number of ether oxygens (including phenoxy) is 1. The molecule has 1 aromatic rings. The van der Waals surface area contributed by atoms with Gasteiger partial charge < -0.3 is 4.74 Å². The summed E-state index contributed by atoms with van der Waals surface area (Å²) in [6.45, 7) is 0. The smallest absolute Gasteiger partial charge is 0.122 e. The molecule has 1 aliphatic rings. The Hall–Kier alpha value is -0.550. The van der Waals surface area contributed by atoms with Crippen LogP contribution < -0.4 is 4.74 Å². The quantitative estimate of drug-likeness (QED) is 0.736. The summed E-state index contributed by atoms with van der Waals surface area (Å²) in [5.41, 5.74) is 1.38. The first-order chi connectivity index (χ1) is 8.33. The molecule has 17 heavy (non-hydrogen) atoms. The molecule has 1 aliphatic carbocycles. The van der Waals surface area contributed by atoms with Gasteiger partial charge in [0.2, 0.25) is 0 Å². The maximum Gasteiger partial charge on any atom is 0.122 e. The normalized spacial score (nSPS) is 24.6. The lowest BCUT2D eigenvalue weighted by molar-refractivity contribution is 0.289. The summed E-state index contributed by atoms with van der Waals surface area (Å²) in [6, 6.07) is 8.45. The molecular weight excluding hydrogens is 227 g/mol. The van der Waals surface area contributed by atoms with E-state index in [2.05, 4.69) is 27.4 Å². The Morgan fingerprint density at radius 3 is 2.41 bits per heavy atom. The van der Waals surface area contributed by atoms with Crippen molar-refractivity contribution in [2.24, 2.45) is 11.8 Å². The van der Waals surface area contributed by atoms with Gasteiger partial charge in [0.05, 0.1) is 7.11 Å². The Kier molecular flexibility index (Phi) is 4.86. The molecule has 0 saturated heterocycles. The molecule has 0 amide bonds. The van der Waals surface area contributed by atoms with Crippen molar-refractivity contribution in [3.05, 3.63) is 29.8 Å². The molecule has 2 rings (SSSR count). The number of methoxy groups -OCH3 is 1. The van der Waals surface area contributed by atoms with Crippen molar-refractivity contribution in [3.63, 3.8) is 0 Å². The first kappa shape index (κ1) is 12.9. The summed E-state index contributed by atoms with van der Waals surface area (Å²) in [6.07, 6.45) is 8.05. The molecular formula is C15H23OP. The third-order valence-corrected chi connectivity index (χ3v) is 4.67. The highest BCUT2D eigenvalue weighted by atomic mass is 31.0. The molecule has 0 N–H and O–H groups in total. The second-order valence-corrected chi connectivity index (χ2v) is 5.61. The average molecular weight is 250 g/mol. The molecule has 1 saturated carbocycles. The van der Waals surface area contributed by atoms with Crippen LogP contribution in [0.15, 0.2) is 24.3 Å². The molecule has 0 bridgehead atoms. The van der Waals surface area contributed by atoms with E-state index in [0.29, 0.717) is 0 Å². The number of benzene rings is 1. The fourth-order valence-electron chi connectivity index (χ4n) is 2.85. The summed E-state index contributed by atoms with van der Waals surface area (Å²) in [5.74, 6) is 2.87. The minimum Gasteiger partial charge on any atom is -0.496 e. The monoisotopic (exact) mass is 250 g/mol. The Labute approximate surface area is 107 Å². The molecule has 0 aliphatic heterocycles. The Balaban J connectivity index is 1.93. The minimum absolute atomic E-state index is 0.860. The fourth-order valence-corrected chi connectivity index (χ4v) is 3.33. The van der Waals surface area contributed by atoms with Gasteiger partial charge in [0.1, 0.15) is 5.75 Å². The zero-order valence-corrected chi connectivity index (χ0v) is 11.8. The summed E-state index contributed by atoms with van der Waals surface area (Å²) < 4.78 is 5.43. The summed E-state index contributed by atoms with van der Waals surface area (Å²) in [4.78, 5) is 0. The van der Waals surface area contributed by atoms with Crippen molar-refractivity contribution in [3.8, 4) is 5.75 Å². The third kappa shape index (κ3) is 3.45. The molecule has 0 spiro atoms. The topological polar surface area (TPSA) is 9.23 Å². The fraction of sp³-hybridized carbons (Fsp3) is 0.600. The SMILES string of the molecule is COc1ccccc1CC1CCC(CP)CC1. The molecule has 2 heteroatoms. The third-order valence-electron chi connectivity index (χ3n) is 4.00. The van der Waals surface area contributed by atoms with Crippen molar-refractivity contribution >= 4 is 9.24 Å². The number of rotatable bonds is 4. The highest BCUT2D eigenvalue weighted by Gasteiger charge is 2.20. The standard InChI is InChI=1S/C15H23OP/c1-16-15-5-3-2-4-14(15)10-12-6-8-13(11-17)9-7-12/h2-5,12-13H,6-11,17H2,1H3. The van der Waals surface area contributed by atoms with E-state index in [1.54, 1.807) is 7.11 Å². The van der Waals surface area contributed by atoms with E-state index >= 15 is 0 Å². The van der Waals surface area contributed by atoms with Gasteiger partial charge in [-0.25, -0.2) is 0 Å². The van der Waals surface area contributed by atoms with E-state index in [9.17, 15) is 0 Å². The summed E-state index contributed by atoms with van der Waals surface area (Å²) in [5, 5.41) is 0. The van der Waals surface area contributed by atoms with Gasteiger partial charge in [0.25, 0.3) is 0 Å². The lowest BCUT2D eigenvalue weighted by atomic mass is 9.80. The predicted octanol–water partition coefficient (Wildman–Crippen LogP) is 3.92. The lowest BCUT2D eigenvalue weighted by Gasteiger charge is -2.28. The van der Waals surface area contributed by atoms with E-state index in [1.165, 1.54) is 43.8 Å². The van der Waals surface area contributed by atoms with Crippen LogP contribution in [-0.2, 0) is 6.42 Å². The highest BCUT2D eigenvalue weighted by Crippen LogP contribution is 2.33. The van der Waals surface area contributed by atoms with Gasteiger partial charge in [0, 0.05) is 0 Å². The van der Waals surface area contributed by atoms with Gasteiger partial charge in [-0.05, 0) is 61.7 Å². The Bertz CT molecular complexity index is 343. The summed E-state index contributed by atoms with van der Waals surface area (Å²) in [7, 11) is 4.66. The van der Waals surface area contributed by atoms with E-state index in [1.807, 2.05) is 6.07 Å². The molecule has 1 fully saturated rings. The zero-order chi connectivity index (χ0) is 12.1. The summed E-state index contributed by atoms with van der Waals surface area (Å²) >= 11 is 0. The van der Waals surface area contributed by atoms with Gasteiger partial charge in [0.15, 0.2) is 0 Å². The van der Waals surface area contributed by atoms with Gasteiger partial charge >= 0.3 is 0 Å². The van der Waals surface area contributed by atoms with Crippen molar-refractivity contribution in [1.29, 1.82) is 0 Å². The zero-order valence-electron chi connectivity index (χ0n) is 10.7. The minimum atomic E-state index is 0.860. The molecule has 0 aromatic heterocycles. The maximum absolute atomic E-state index is 5.43. The Morgan fingerprint density at radius 2 is 1.76 bits per heavy atom. The lowest BCUT2D eigenvalue weighted by Crippen LogP contribution is -2.17. The van der Waals surface area contributed by atoms with Crippen LogP contribution >= 0.6 is 9.24 Å². The van der Waals surface area contributed by atoms with E-state index in [0.717, 1.165) is 17.6 Å². The van der Waals surface area contributed by atoms with Crippen LogP contribution in [0.2, 0.25) is 0 Å². The van der Waals surface area contributed by atoms with Crippen LogP contribution in [0, 0.1) is 11.8 Å². The van der Waals surface area contributed by atoms with Crippen molar-refractivity contribution < 1.29 is 4.74 Å². The van der Waals surface area contributed by atoms with Crippen LogP contribution in [0.3, 0.4) is 0 Å². The van der Waals surface area contributed by atoms with Crippen LogP contribution in [0.1, 0.15) is 31.2 Å². The molecule has 1 atom stereocenters. The van der Waals surface area contributed by atoms with Crippen LogP contribution in [-0.4, -0.2) is 13.3 Å². The predicted molar refractivity (Wildman–Crippen MR) is 76.7 cm³/mol. The number of hydrogen-bond acceptors (Lipinski definition) is 1. The van der Waals surface area contributed by atoms with Gasteiger partial charge in [-0.1, -0.05) is 18.2 Å². The second-order valence-electron chi connectivity index (χ2n) is 5.14. The second kappa shape index (κ2) is 6.40.